The van der Waals surface area contributed by atoms with E-state index in [0.29, 0.717) is 21.7 Å². The molecule has 6 heteroatoms. The van der Waals surface area contributed by atoms with Gasteiger partial charge in [-0.2, -0.15) is 0 Å². The Bertz CT molecular complexity index is 533. The number of hydrogen-bond donors (Lipinski definition) is 1. The minimum Gasteiger partial charge on any atom is -0.487 e. The normalized spacial score (nSPS) is 10.2. The zero-order chi connectivity index (χ0) is 13.0. The van der Waals surface area contributed by atoms with Crippen molar-refractivity contribution in [1.82, 2.24) is 9.97 Å². The first kappa shape index (κ1) is 12.8. The van der Waals surface area contributed by atoms with Crippen LogP contribution in [0.2, 0.25) is 0 Å². The lowest BCUT2D eigenvalue weighted by molar-refractivity contribution is 0.300. The van der Waals surface area contributed by atoms with E-state index in [1.165, 1.54) is 6.07 Å². The molecule has 0 aliphatic carbocycles. The molecule has 94 valence electrons. The molecule has 2 rings (SSSR count). The largest absolute Gasteiger partial charge is 0.487 e. The molecule has 0 saturated heterocycles. The molecule has 18 heavy (non-hydrogen) atoms. The van der Waals surface area contributed by atoms with Crippen LogP contribution in [-0.2, 0) is 6.61 Å². The summed E-state index contributed by atoms with van der Waals surface area (Å²) in [6.45, 7) is 0.287. The predicted molar refractivity (Wildman–Crippen MR) is 70.0 cm³/mol. The first-order valence-electron chi connectivity index (χ1n) is 5.25. The Morgan fingerprint density at radius 3 is 2.78 bits per heavy atom. The zero-order valence-electron chi connectivity index (χ0n) is 9.65. The minimum atomic E-state index is -0.319. The monoisotopic (exact) mass is 311 g/mol. The average molecular weight is 312 g/mol. The summed E-state index contributed by atoms with van der Waals surface area (Å²) in [7, 11) is 1.77. The number of anilines is 1. The molecule has 0 aliphatic heterocycles. The van der Waals surface area contributed by atoms with Crippen LogP contribution in [0, 0.1) is 5.82 Å². The second-order valence-corrected chi connectivity index (χ2v) is 4.36. The average Bonchev–Trinajstić information content (AvgIpc) is 2.41. The van der Waals surface area contributed by atoms with E-state index in [1.807, 2.05) is 0 Å². The Hall–Kier alpha value is -1.69. The maximum Gasteiger partial charge on any atom is 0.144 e. The molecule has 2 aromatic rings. The summed E-state index contributed by atoms with van der Waals surface area (Å²) in [6, 6.07) is 4.48. The van der Waals surface area contributed by atoms with Gasteiger partial charge in [0.05, 0.1) is 22.6 Å². The van der Waals surface area contributed by atoms with Gasteiger partial charge in [0.2, 0.25) is 0 Å². The van der Waals surface area contributed by atoms with Gasteiger partial charge in [-0.15, -0.1) is 0 Å². The molecule has 0 spiro atoms. The molecular formula is C12H11BrFN3O. The molecule has 0 amide bonds. The second-order valence-electron chi connectivity index (χ2n) is 3.51. The fraction of sp³-hybridized carbons (Fsp3) is 0.167. The van der Waals surface area contributed by atoms with Crippen LogP contribution >= 0.6 is 15.9 Å². The van der Waals surface area contributed by atoms with Crippen LogP contribution < -0.4 is 10.1 Å². The van der Waals surface area contributed by atoms with Crippen LogP contribution in [0.5, 0.6) is 5.75 Å². The van der Waals surface area contributed by atoms with Crippen molar-refractivity contribution in [3.63, 3.8) is 0 Å². The highest BCUT2D eigenvalue weighted by molar-refractivity contribution is 9.10. The summed E-state index contributed by atoms with van der Waals surface area (Å²) in [5, 5.41) is 2.88. The summed E-state index contributed by atoms with van der Waals surface area (Å²) in [5.74, 6) is 0.951. The lowest BCUT2D eigenvalue weighted by atomic mass is 10.3. The van der Waals surface area contributed by atoms with Gasteiger partial charge in [-0.05, 0) is 34.1 Å². The van der Waals surface area contributed by atoms with Crippen molar-refractivity contribution >= 4 is 21.7 Å². The summed E-state index contributed by atoms with van der Waals surface area (Å²) in [4.78, 5) is 8.29. The summed E-state index contributed by atoms with van der Waals surface area (Å²) < 4.78 is 18.9. The third-order valence-electron chi connectivity index (χ3n) is 2.24. The number of nitrogens with one attached hydrogen (secondary N) is 1. The van der Waals surface area contributed by atoms with Gasteiger partial charge in [0.1, 0.15) is 24.0 Å². The number of aromatic nitrogens is 2. The summed E-state index contributed by atoms with van der Waals surface area (Å²) in [6.07, 6.45) is 3.25. The first-order valence-corrected chi connectivity index (χ1v) is 6.05. The van der Waals surface area contributed by atoms with Crippen molar-refractivity contribution in [2.45, 2.75) is 6.61 Å². The van der Waals surface area contributed by atoms with Crippen LogP contribution in [-0.4, -0.2) is 17.0 Å². The van der Waals surface area contributed by atoms with E-state index < -0.39 is 0 Å². The number of ether oxygens (including phenoxy) is 1. The Kier molecular flexibility index (Phi) is 4.09. The SMILES string of the molecule is CNc1cnc(COc2ccc(F)c(Br)c2)cn1. The zero-order valence-corrected chi connectivity index (χ0v) is 11.2. The molecule has 1 heterocycles. The standard InChI is InChI=1S/C12H11BrFN3O/c1-15-12-6-16-8(5-17-12)7-18-9-2-3-11(14)10(13)4-9/h2-6H,7H2,1H3,(H,15,17). The number of benzene rings is 1. The molecule has 1 N–H and O–H groups in total. The highest BCUT2D eigenvalue weighted by atomic mass is 79.9. The van der Waals surface area contributed by atoms with E-state index >= 15 is 0 Å². The first-order chi connectivity index (χ1) is 8.69. The van der Waals surface area contributed by atoms with E-state index in [4.69, 9.17) is 4.74 Å². The van der Waals surface area contributed by atoms with Crippen LogP contribution in [0.25, 0.3) is 0 Å². The molecule has 0 atom stereocenters. The van der Waals surface area contributed by atoms with Crippen molar-refractivity contribution in [1.29, 1.82) is 0 Å². The molecule has 0 bridgehead atoms. The Morgan fingerprint density at radius 2 is 2.17 bits per heavy atom. The van der Waals surface area contributed by atoms with Gasteiger partial charge in [-0.3, -0.25) is 4.98 Å². The Morgan fingerprint density at radius 1 is 1.33 bits per heavy atom. The van der Waals surface area contributed by atoms with Gasteiger partial charge in [0.15, 0.2) is 0 Å². The molecule has 4 nitrogen and oxygen atoms in total. The lowest BCUT2D eigenvalue weighted by Crippen LogP contribution is -2.01. The van der Waals surface area contributed by atoms with Crippen LogP contribution in [0.4, 0.5) is 10.2 Å². The van der Waals surface area contributed by atoms with Gasteiger partial charge in [-0.1, -0.05) is 0 Å². The quantitative estimate of drug-likeness (QED) is 0.943. The topological polar surface area (TPSA) is 47.0 Å². The maximum atomic E-state index is 13.0. The summed E-state index contributed by atoms with van der Waals surface area (Å²) in [5.41, 5.74) is 0.703. The third kappa shape index (κ3) is 3.16. The smallest absolute Gasteiger partial charge is 0.144 e. The van der Waals surface area contributed by atoms with Crippen molar-refractivity contribution < 1.29 is 9.13 Å². The maximum absolute atomic E-state index is 13.0. The van der Waals surface area contributed by atoms with Crippen molar-refractivity contribution in [2.24, 2.45) is 0 Å². The minimum absolute atomic E-state index is 0.287. The van der Waals surface area contributed by atoms with Crippen molar-refractivity contribution in [3.05, 3.63) is 46.6 Å². The summed E-state index contributed by atoms with van der Waals surface area (Å²) >= 11 is 3.10. The third-order valence-corrected chi connectivity index (χ3v) is 2.85. The highest BCUT2D eigenvalue weighted by Gasteiger charge is 2.02. The van der Waals surface area contributed by atoms with E-state index in [-0.39, 0.29) is 12.4 Å². The molecule has 0 aliphatic rings. The van der Waals surface area contributed by atoms with Gasteiger partial charge in [0, 0.05) is 7.05 Å². The van der Waals surface area contributed by atoms with Gasteiger partial charge >= 0.3 is 0 Å². The number of hydrogen-bond acceptors (Lipinski definition) is 4. The van der Waals surface area contributed by atoms with E-state index in [9.17, 15) is 4.39 Å². The predicted octanol–water partition coefficient (Wildman–Crippen LogP) is 3.00. The van der Waals surface area contributed by atoms with E-state index in [2.05, 4.69) is 31.2 Å². The molecule has 1 aromatic carbocycles. The van der Waals surface area contributed by atoms with Crippen LogP contribution in [0.15, 0.2) is 35.1 Å². The van der Waals surface area contributed by atoms with E-state index in [0.717, 1.165) is 0 Å². The molecule has 0 saturated carbocycles. The molecule has 0 radical (unpaired) electrons. The number of nitrogens with zero attached hydrogens (tertiary/aromatic N) is 2. The second kappa shape index (κ2) is 5.77. The van der Waals surface area contributed by atoms with Gasteiger partial charge < -0.3 is 10.1 Å². The molecular weight excluding hydrogens is 301 g/mol. The van der Waals surface area contributed by atoms with Crippen molar-refractivity contribution in [2.75, 3.05) is 12.4 Å². The van der Waals surface area contributed by atoms with Crippen molar-refractivity contribution in [3.8, 4) is 5.75 Å². The Labute approximate surface area is 112 Å². The fourth-order valence-electron chi connectivity index (χ4n) is 1.28. The molecule has 0 unspecified atom stereocenters. The number of halogens is 2. The van der Waals surface area contributed by atoms with Gasteiger partial charge in [-0.25, -0.2) is 9.37 Å². The lowest BCUT2D eigenvalue weighted by Gasteiger charge is -2.06. The fourth-order valence-corrected chi connectivity index (χ4v) is 1.64. The molecule has 1 aromatic heterocycles. The Balaban J connectivity index is 1.99. The van der Waals surface area contributed by atoms with Crippen LogP contribution in [0.1, 0.15) is 5.69 Å². The number of rotatable bonds is 4. The van der Waals surface area contributed by atoms with Crippen LogP contribution in [0.3, 0.4) is 0 Å². The molecule has 0 fully saturated rings. The highest BCUT2D eigenvalue weighted by Crippen LogP contribution is 2.22. The van der Waals surface area contributed by atoms with Gasteiger partial charge in [0.25, 0.3) is 0 Å². The van der Waals surface area contributed by atoms with E-state index in [1.54, 1.807) is 31.6 Å².